The monoisotopic (exact) mass is 746 g/mol. The van der Waals surface area contributed by atoms with E-state index in [-0.39, 0.29) is 16.6 Å². The number of para-hydroxylation sites is 2. The summed E-state index contributed by atoms with van der Waals surface area (Å²) in [4.78, 5) is 10.3. The second-order valence-electron chi connectivity index (χ2n) is 17.3. The van der Waals surface area contributed by atoms with Gasteiger partial charge in [-0.15, -0.1) is 0 Å². The third kappa shape index (κ3) is 7.29. The second kappa shape index (κ2) is 14.7. The van der Waals surface area contributed by atoms with E-state index in [1.54, 1.807) is 6.07 Å². The molecular formula is C53H51N3O. The Balaban J connectivity index is 1.37. The fourth-order valence-electron chi connectivity index (χ4n) is 7.89. The van der Waals surface area contributed by atoms with E-state index in [2.05, 4.69) is 161 Å². The molecule has 0 unspecified atom stereocenters. The number of aromatic nitrogens is 3. The van der Waals surface area contributed by atoms with Crippen LogP contribution in [0.1, 0.15) is 79.3 Å². The lowest BCUT2D eigenvalue weighted by Crippen LogP contribution is -2.13. The first-order valence-corrected chi connectivity index (χ1v) is 19.8. The highest BCUT2D eigenvalue weighted by molar-refractivity contribution is 5.97. The zero-order chi connectivity index (χ0) is 41.0. The van der Waals surface area contributed by atoms with Crippen LogP contribution >= 0.6 is 0 Å². The predicted octanol–water partition coefficient (Wildman–Crippen LogP) is 14.2. The van der Waals surface area contributed by atoms with Crippen LogP contribution in [0.4, 0.5) is 0 Å². The molecule has 0 fully saturated rings. The highest BCUT2D eigenvalue weighted by Crippen LogP contribution is 2.42. The number of imidazole rings is 1. The van der Waals surface area contributed by atoms with Crippen LogP contribution in [0.25, 0.3) is 72.7 Å². The number of nitrogens with zero attached hydrogens (tertiary/aromatic N) is 3. The molecule has 0 saturated heterocycles. The summed E-state index contributed by atoms with van der Waals surface area (Å²) in [5, 5.41) is 11.3. The first-order chi connectivity index (χ1) is 27.6. The summed E-state index contributed by atoms with van der Waals surface area (Å²) in [7, 11) is 0. The van der Waals surface area contributed by atoms with Gasteiger partial charge in [0.25, 0.3) is 0 Å². The minimum atomic E-state index is -0.914. The third-order valence-electron chi connectivity index (χ3n) is 10.9. The van der Waals surface area contributed by atoms with E-state index >= 15 is 0 Å². The molecule has 0 atom stereocenters. The molecule has 0 spiro atoms. The summed E-state index contributed by atoms with van der Waals surface area (Å²) in [5.74, 6) is -0.136. The molecule has 0 bridgehead atoms. The van der Waals surface area contributed by atoms with Gasteiger partial charge in [0.2, 0.25) is 0 Å². The quantitative estimate of drug-likeness (QED) is 0.177. The molecule has 4 heteroatoms. The predicted molar refractivity (Wildman–Crippen MR) is 239 cm³/mol. The highest BCUT2D eigenvalue weighted by Gasteiger charge is 2.25. The van der Waals surface area contributed by atoms with Crippen LogP contribution in [-0.4, -0.2) is 19.6 Å². The van der Waals surface area contributed by atoms with E-state index < -0.39 is 5.89 Å². The lowest BCUT2D eigenvalue weighted by atomic mass is 9.80. The molecular weight excluding hydrogens is 695 g/mol. The largest absolute Gasteiger partial charge is 0.507 e. The molecule has 0 aliphatic carbocycles. The summed E-state index contributed by atoms with van der Waals surface area (Å²) in [5.41, 5.74) is 14.7. The van der Waals surface area contributed by atoms with Crippen molar-refractivity contribution in [3.8, 4) is 67.5 Å². The summed E-state index contributed by atoms with van der Waals surface area (Å²) in [6.07, 6.45) is 1.89. The average molecular weight is 747 g/mol. The van der Waals surface area contributed by atoms with E-state index in [1.165, 1.54) is 11.1 Å². The summed E-state index contributed by atoms with van der Waals surface area (Å²) >= 11 is 0. The molecule has 1 N–H and O–H groups in total. The van der Waals surface area contributed by atoms with E-state index in [4.69, 9.17) is 9.97 Å². The molecule has 0 amide bonds. The molecule has 0 aliphatic rings. The molecule has 4 nitrogen and oxygen atoms in total. The lowest BCUT2D eigenvalue weighted by molar-refractivity contribution is 0.477. The van der Waals surface area contributed by atoms with Gasteiger partial charge in [0.15, 0.2) is 0 Å². The van der Waals surface area contributed by atoms with Crippen molar-refractivity contribution < 1.29 is 6.48 Å². The number of aromatic hydroxyl groups is 1. The molecule has 0 aliphatic heterocycles. The maximum atomic E-state index is 11.3. The van der Waals surface area contributed by atoms with Crippen molar-refractivity contribution in [2.75, 3.05) is 0 Å². The molecule has 8 rings (SSSR count). The van der Waals surface area contributed by atoms with Crippen LogP contribution in [0, 0.1) is 0 Å². The number of fused-ring (bicyclic) bond motifs is 1. The molecule has 0 radical (unpaired) electrons. The Kier molecular flexibility index (Phi) is 9.37. The van der Waals surface area contributed by atoms with Gasteiger partial charge in [0.1, 0.15) is 11.6 Å². The molecule has 0 saturated carbocycles. The Hall–Kier alpha value is -6.26. The van der Waals surface area contributed by atoms with E-state index in [0.717, 1.165) is 66.9 Å². The fraction of sp³-hybridized carbons (Fsp3) is 0.208. The smallest absolute Gasteiger partial charge is 0.149 e. The van der Waals surface area contributed by atoms with Gasteiger partial charge < -0.3 is 5.11 Å². The zero-order valence-electron chi connectivity index (χ0n) is 35.2. The van der Waals surface area contributed by atoms with E-state index in [0.29, 0.717) is 11.4 Å². The minimum absolute atomic E-state index is 0.0847. The van der Waals surface area contributed by atoms with Crippen molar-refractivity contribution in [2.45, 2.75) is 72.1 Å². The number of pyridine rings is 1. The fourth-order valence-corrected chi connectivity index (χ4v) is 7.89. The van der Waals surface area contributed by atoms with Crippen LogP contribution in [0.15, 0.2) is 152 Å². The van der Waals surface area contributed by atoms with Gasteiger partial charge in [-0.25, -0.2) is 4.98 Å². The average Bonchev–Trinajstić information content (AvgIpc) is 3.60. The minimum Gasteiger partial charge on any atom is -0.507 e. The first-order valence-electron chi connectivity index (χ1n) is 20.3. The van der Waals surface area contributed by atoms with Gasteiger partial charge in [-0.1, -0.05) is 146 Å². The van der Waals surface area contributed by atoms with E-state index in [1.807, 2.05) is 44.3 Å². The molecule has 8 aromatic rings. The summed E-state index contributed by atoms with van der Waals surface area (Å²) in [6, 6.07) is 50.1. The zero-order valence-corrected chi connectivity index (χ0v) is 34.2. The van der Waals surface area contributed by atoms with Gasteiger partial charge in [-0.2, -0.15) is 0 Å². The van der Waals surface area contributed by atoms with Crippen molar-refractivity contribution in [1.29, 1.82) is 0 Å². The molecule has 57 heavy (non-hydrogen) atoms. The van der Waals surface area contributed by atoms with Crippen molar-refractivity contribution in [3.05, 3.63) is 168 Å². The number of hydrogen-bond donors (Lipinski definition) is 1. The van der Waals surface area contributed by atoms with Gasteiger partial charge in [-0.3, -0.25) is 9.55 Å². The number of rotatable bonds is 7. The number of benzene rings is 6. The Bertz CT molecular complexity index is 2800. The number of hydrogen-bond acceptors (Lipinski definition) is 3. The Morgan fingerprint density at radius 1 is 0.579 bits per heavy atom. The van der Waals surface area contributed by atoms with Crippen molar-refractivity contribution in [1.82, 2.24) is 14.5 Å². The highest BCUT2D eigenvalue weighted by atomic mass is 16.3. The van der Waals surface area contributed by atoms with Gasteiger partial charge >= 0.3 is 0 Å². The standard InChI is InChI=1S/C53H51N3O/c1-34(2)45-33-40(25-26-42(45)43-19-12-14-22-46(43)53(6,7)8)56-48-23-16-21-41(50(48)55-51(56)44-20-13-15-24-49(44)57)37-29-38(31-39(30-37)52(3,4)5)47-32-36(27-28-54-47)35-17-10-9-11-18-35/h9-34,57H,1-8H3/i34D. The van der Waals surface area contributed by atoms with Crippen LogP contribution in [0.5, 0.6) is 5.75 Å². The SMILES string of the molecule is [2H]C(C)(C)c1cc(-n2c(-c3ccccc3O)nc3c(-c4cc(-c5cc(-c6ccccc6)ccn5)cc(C(C)(C)C)c4)cccc32)ccc1-c1ccccc1C(C)(C)C. The molecule has 2 aromatic heterocycles. The van der Waals surface area contributed by atoms with Gasteiger partial charge in [0.05, 0.1) is 22.3 Å². The van der Waals surface area contributed by atoms with Gasteiger partial charge in [-0.05, 0) is 116 Å². The van der Waals surface area contributed by atoms with Crippen LogP contribution in [0.3, 0.4) is 0 Å². The molecule has 284 valence electrons. The van der Waals surface area contributed by atoms with Crippen LogP contribution < -0.4 is 0 Å². The Morgan fingerprint density at radius 2 is 1.26 bits per heavy atom. The third-order valence-corrected chi connectivity index (χ3v) is 10.9. The van der Waals surface area contributed by atoms with Gasteiger partial charge in [0, 0.05) is 24.4 Å². The van der Waals surface area contributed by atoms with Crippen molar-refractivity contribution in [3.63, 3.8) is 0 Å². The maximum Gasteiger partial charge on any atom is 0.149 e. The molecule has 6 aromatic carbocycles. The number of phenols is 1. The second-order valence-corrected chi connectivity index (χ2v) is 17.3. The topological polar surface area (TPSA) is 50.9 Å². The number of phenolic OH excluding ortho intramolecular Hbond substituents is 1. The first kappa shape index (κ1) is 36.4. The lowest BCUT2D eigenvalue weighted by Gasteiger charge is -2.25. The van der Waals surface area contributed by atoms with E-state index in [9.17, 15) is 6.48 Å². The van der Waals surface area contributed by atoms with Crippen LogP contribution in [-0.2, 0) is 10.8 Å². The van der Waals surface area contributed by atoms with Crippen molar-refractivity contribution >= 4 is 11.0 Å². The normalized spacial score (nSPS) is 12.5. The summed E-state index contributed by atoms with van der Waals surface area (Å²) < 4.78 is 11.6. The molecule has 2 heterocycles. The maximum absolute atomic E-state index is 11.3. The summed E-state index contributed by atoms with van der Waals surface area (Å²) in [6.45, 7) is 17.3. The Labute approximate surface area is 339 Å². The Morgan fingerprint density at radius 3 is 1.98 bits per heavy atom. The van der Waals surface area contributed by atoms with Crippen LogP contribution in [0.2, 0.25) is 0 Å². The van der Waals surface area contributed by atoms with Crippen molar-refractivity contribution in [2.24, 2.45) is 0 Å².